The number of hydrogen-bond acceptors (Lipinski definition) is 4. The molecule has 0 aliphatic heterocycles. The van der Waals surface area contributed by atoms with E-state index >= 15 is 0 Å². The van der Waals surface area contributed by atoms with E-state index in [9.17, 15) is 8.42 Å². The normalized spacial score (nSPS) is 13.2. The minimum absolute atomic E-state index is 0.0295. The molecule has 5 nitrogen and oxygen atoms in total. The van der Waals surface area contributed by atoms with Gasteiger partial charge in [0.25, 0.3) is 0 Å². The Balaban J connectivity index is 2.81. The third-order valence-corrected chi connectivity index (χ3v) is 4.57. The Morgan fingerprint density at radius 2 is 2.15 bits per heavy atom. The van der Waals surface area contributed by atoms with Crippen LogP contribution < -0.4 is 9.46 Å². The average molecular weight is 322 g/mol. The van der Waals surface area contributed by atoms with Gasteiger partial charge in [0, 0.05) is 18.2 Å². The van der Waals surface area contributed by atoms with Crippen LogP contribution in [0.25, 0.3) is 0 Å². The molecule has 7 heteroatoms. The second kappa shape index (κ2) is 7.83. The summed E-state index contributed by atoms with van der Waals surface area (Å²) in [6, 6.07) is 4.45. The van der Waals surface area contributed by atoms with Gasteiger partial charge in [0.2, 0.25) is 10.0 Å². The molecule has 0 unspecified atom stereocenters. The van der Waals surface area contributed by atoms with Gasteiger partial charge in [0.15, 0.2) is 0 Å². The molecule has 0 aromatic heterocycles. The van der Waals surface area contributed by atoms with E-state index in [-0.39, 0.29) is 23.2 Å². The zero-order valence-corrected chi connectivity index (χ0v) is 13.2. The lowest BCUT2D eigenvalue weighted by Crippen LogP contribution is -2.29. The van der Waals surface area contributed by atoms with Crippen LogP contribution in [0.1, 0.15) is 19.8 Å². The molecule has 0 saturated carbocycles. The van der Waals surface area contributed by atoms with Crippen molar-refractivity contribution < 1.29 is 18.3 Å². The van der Waals surface area contributed by atoms with Gasteiger partial charge in [-0.3, -0.25) is 0 Å². The summed E-state index contributed by atoms with van der Waals surface area (Å²) in [6.07, 6.45) is 1.41. The van der Waals surface area contributed by atoms with Crippen LogP contribution in [0.15, 0.2) is 23.1 Å². The molecule has 0 saturated heterocycles. The highest BCUT2D eigenvalue weighted by molar-refractivity contribution is 7.89. The smallest absolute Gasteiger partial charge is 0.244 e. The second-order valence-electron chi connectivity index (χ2n) is 4.62. The van der Waals surface area contributed by atoms with Gasteiger partial charge in [-0.05, 0) is 37.0 Å². The molecule has 0 radical (unpaired) electrons. The molecule has 1 aromatic carbocycles. The molecule has 2 N–H and O–H groups in total. The number of aliphatic hydroxyl groups is 1. The molecule has 1 atom stereocenters. The maximum Gasteiger partial charge on any atom is 0.244 e. The SMILES string of the molecule is COc1ccc(Cl)cc1S(=O)(=O)NC[C@@H](C)CCCO. The molecule has 0 aliphatic carbocycles. The van der Waals surface area contributed by atoms with E-state index in [0.29, 0.717) is 18.0 Å². The van der Waals surface area contributed by atoms with E-state index in [1.165, 1.54) is 19.2 Å². The van der Waals surface area contributed by atoms with Crippen LogP contribution in [0, 0.1) is 5.92 Å². The maximum absolute atomic E-state index is 12.2. The summed E-state index contributed by atoms with van der Waals surface area (Å²) < 4.78 is 32.1. The fourth-order valence-electron chi connectivity index (χ4n) is 1.73. The number of halogens is 1. The van der Waals surface area contributed by atoms with E-state index in [4.69, 9.17) is 21.4 Å². The monoisotopic (exact) mass is 321 g/mol. The number of nitrogens with one attached hydrogen (secondary N) is 1. The first kappa shape index (κ1) is 17.2. The Labute approximate surface area is 125 Å². The highest BCUT2D eigenvalue weighted by atomic mass is 35.5. The van der Waals surface area contributed by atoms with Crippen molar-refractivity contribution in [2.45, 2.75) is 24.7 Å². The van der Waals surface area contributed by atoms with Crippen molar-refractivity contribution >= 4 is 21.6 Å². The standard InChI is InChI=1S/C13H20ClNO4S/c1-10(4-3-7-16)9-15-20(17,18)13-8-11(14)5-6-12(13)19-2/h5-6,8,10,15-16H,3-4,7,9H2,1-2H3/t10-/m0/s1. The number of benzene rings is 1. The second-order valence-corrected chi connectivity index (χ2v) is 6.79. The van der Waals surface area contributed by atoms with Crippen molar-refractivity contribution in [3.05, 3.63) is 23.2 Å². The molecular formula is C13H20ClNO4S. The summed E-state index contributed by atoms with van der Waals surface area (Å²) in [7, 11) is -2.26. The molecular weight excluding hydrogens is 302 g/mol. The number of hydrogen-bond donors (Lipinski definition) is 2. The van der Waals surface area contributed by atoms with Crippen molar-refractivity contribution in [2.75, 3.05) is 20.3 Å². The van der Waals surface area contributed by atoms with Crippen LogP contribution in [0.2, 0.25) is 5.02 Å². The van der Waals surface area contributed by atoms with Gasteiger partial charge in [-0.15, -0.1) is 0 Å². The predicted octanol–water partition coefficient (Wildman–Crippen LogP) is 2.04. The summed E-state index contributed by atoms with van der Waals surface area (Å²) in [5.41, 5.74) is 0. The first-order valence-electron chi connectivity index (χ1n) is 6.34. The van der Waals surface area contributed by atoms with Gasteiger partial charge in [-0.25, -0.2) is 13.1 Å². The van der Waals surface area contributed by atoms with Gasteiger partial charge < -0.3 is 9.84 Å². The highest BCUT2D eigenvalue weighted by Crippen LogP contribution is 2.26. The first-order valence-corrected chi connectivity index (χ1v) is 8.21. The molecule has 0 heterocycles. The quantitative estimate of drug-likeness (QED) is 0.768. The molecule has 0 fully saturated rings. The Hall–Kier alpha value is -0.820. The van der Waals surface area contributed by atoms with Crippen LogP contribution in [-0.2, 0) is 10.0 Å². The van der Waals surface area contributed by atoms with Gasteiger partial charge in [-0.2, -0.15) is 0 Å². The number of rotatable bonds is 8. The minimum Gasteiger partial charge on any atom is -0.495 e. The number of sulfonamides is 1. The number of methoxy groups -OCH3 is 1. The van der Waals surface area contributed by atoms with E-state index in [1.54, 1.807) is 6.07 Å². The molecule has 0 amide bonds. The maximum atomic E-state index is 12.2. The molecule has 114 valence electrons. The van der Waals surface area contributed by atoms with Crippen LogP contribution in [0.5, 0.6) is 5.75 Å². The lowest BCUT2D eigenvalue weighted by molar-refractivity contribution is 0.274. The molecule has 0 bridgehead atoms. The number of aliphatic hydroxyl groups excluding tert-OH is 1. The zero-order chi connectivity index (χ0) is 15.2. The Kier molecular flexibility index (Phi) is 6.75. The molecule has 1 aromatic rings. The van der Waals surface area contributed by atoms with Crippen molar-refractivity contribution in [1.29, 1.82) is 0 Å². The van der Waals surface area contributed by atoms with Crippen LogP contribution in [-0.4, -0.2) is 33.8 Å². The van der Waals surface area contributed by atoms with E-state index in [0.717, 1.165) is 6.42 Å². The van der Waals surface area contributed by atoms with E-state index in [2.05, 4.69) is 4.72 Å². The summed E-state index contributed by atoms with van der Waals surface area (Å²) in [6.45, 7) is 2.34. The summed E-state index contributed by atoms with van der Waals surface area (Å²) in [5.74, 6) is 0.395. The minimum atomic E-state index is -3.67. The first-order chi connectivity index (χ1) is 9.40. The molecule has 0 spiro atoms. The molecule has 20 heavy (non-hydrogen) atoms. The topological polar surface area (TPSA) is 75.6 Å². The fraction of sp³-hybridized carbons (Fsp3) is 0.538. The number of ether oxygens (including phenoxy) is 1. The third-order valence-electron chi connectivity index (χ3n) is 2.89. The van der Waals surface area contributed by atoms with Crippen LogP contribution in [0.3, 0.4) is 0 Å². The Morgan fingerprint density at radius 3 is 2.75 bits per heavy atom. The largest absolute Gasteiger partial charge is 0.495 e. The van der Waals surface area contributed by atoms with Crippen molar-refractivity contribution in [1.82, 2.24) is 4.72 Å². The van der Waals surface area contributed by atoms with Gasteiger partial charge in [0.05, 0.1) is 7.11 Å². The zero-order valence-electron chi connectivity index (χ0n) is 11.6. The summed E-state index contributed by atoms with van der Waals surface area (Å²) in [4.78, 5) is 0.0295. The average Bonchev–Trinajstić information content (AvgIpc) is 2.43. The molecule has 1 rings (SSSR count). The third kappa shape index (κ3) is 4.94. The predicted molar refractivity (Wildman–Crippen MR) is 78.7 cm³/mol. The highest BCUT2D eigenvalue weighted by Gasteiger charge is 2.20. The van der Waals surface area contributed by atoms with Gasteiger partial charge in [0.1, 0.15) is 10.6 Å². The van der Waals surface area contributed by atoms with Crippen molar-refractivity contribution in [3.8, 4) is 5.75 Å². The van der Waals surface area contributed by atoms with E-state index in [1.807, 2.05) is 6.92 Å². The van der Waals surface area contributed by atoms with Crippen molar-refractivity contribution in [3.63, 3.8) is 0 Å². The van der Waals surface area contributed by atoms with Crippen LogP contribution >= 0.6 is 11.6 Å². The van der Waals surface area contributed by atoms with Crippen LogP contribution in [0.4, 0.5) is 0 Å². The fourth-order valence-corrected chi connectivity index (χ4v) is 3.33. The lowest BCUT2D eigenvalue weighted by atomic mass is 10.1. The van der Waals surface area contributed by atoms with E-state index < -0.39 is 10.0 Å². The van der Waals surface area contributed by atoms with Gasteiger partial charge >= 0.3 is 0 Å². The summed E-state index contributed by atoms with van der Waals surface area (Å²) >= 11 is 5.84. The van der Waals surface area contributed by atoms with Gasteiger partial charge in [-0.1, -0.05) is 18.5 Å². The lowest BCUT2D eigenvalue weighted by Gasteiger charge is -2.14. The van der Waals surface area contributed by atoms with Crippen molar-refractivity contribution in [2.24, 2.45) is 5.92 Å². The molecule has 0 aliphatic rings. The Bertz CT molecular complexity index is 533. The summed E-state index contributed by atoms with van der Waals surface area (Å²) in [5, 5.41) is 9.08. The Morgan fingerprint density at radius 1 is 1.45 bits per heavy atom.